The van der Waals surface area contributed by atoms with Gasteiger partial charge in [-0.25, -0.2) is 0 Å². The molecular weight excluding hydrogens is 381 g/mol. The first-order valence-corrected chi connectivity index (χ1v) is 8.86. The van der Waals surface area contributed by atoms with Crippen LogP contribution in [-0.4, -0.2) is 0 Å². The summed E-state index contributed by atoms with van der Waals surface area (Å²) in [5, 5.41) is 4.87. The Morgan fingerprint density at radius 2 is 1.82 bits per heavy atom. The van der Waals surface area contributed by atoms with E-state index in [4.69, 9.17) is 23.2 Å². The Bertz CT molecular complexity index is 754. The van der Waals surface area contributed by atoms with Crippen LogP contribution in [0.2, 0.25) is 10.0 Å². The van der Waals surface area contributed by atoms with Gasteiger partial charge in [-0.1, -0.05) is 69.5 Å². The summed E-state index contributed by atoms with van der Waals surface area (Å²) < 4.78 is 1.09. The molecule has 112 valence electrons. The minimum Gasteiger partial charge on any atom is -0.376 e. The first-order valence-electron chi connectivity index (χ1n) is 7.31. The summed E-state index contributed by atoms with van der Waals surface area (Å²) in [4.78, 5) is 0. The van der Waals surface area contributed by atoms with E-state index in [-0.39, 0.29) is 6.04 Å². The maximum Gasteiger partial charge on any atom is 0.0826 e. The summed E-state index contributed by atoms with van der Waals surface area (Å²) in [5.41, 5.74) is 3.51. The lowest BCUT2D eigenvalue weighted by Gasteiger charge is -2.38. The number of hydrogen-bond donors (Lipinski definition) is 1. The second-order valence-electron chi connectivity index (χ2n) is 5.85. The zero-order valence-electron chi connectivity index (χ0n) is 11.7. The highest BCUT2D eigenvalue weighted by Crippen LogP contribution is 2.52. The zero-order chi connectivity index (χ0) is 15.3. The standard InChI is InChI=1S/C18H14BrCl2N/c19-11-6-4-10(5-7-11)17-13-3-1-2-12(13)14-8-9-15(20)16(21)18(14)22-17/h1-2,4-9,12-13,17,22H,3H2. The molecule has 2 aliphatic rings. The van der Waals surface area contributed by atoms with Gasteiger partial charge in [-0.2, -0.15) is 0 Å². The number of fused-ring (bicyclic) bond motifs is 3. The van der Waals surface area contributed by atoms with Gasteiger partial charge in [-0.05, 0) is 41.7 Å². The highest BCUT2D eigenvalue weighted by atomic mass is 79.9. The van der Waals surface area contributed by atoms with Gasteiger partial charge in [0.05, 0.1) is 21.8 Å². The molecule has 0 fully saturated rings. The summed E-state index contributed by atoms with van der Waals surface area (Å²) in [7, 11) is 0. The van der Waals surface area contributed by atoms with Gasteiger partial charge in [-0.3, -0.25) is 0 Å². The number of anilines is 1. The molecule has 0 aromatic heterocycles. The maximum atomic E-state index is 6.45. The van der Waals surface area contributed by atoms with Crippen LogP contribution >= 0.6 is 39.1 Å². The molecule has 4 rings (SSSR count). The third-order valence-electron chi connectivity index (χ3n) is 4.66. The van der Waals surface area contributed by atoms with E-state index in [1.807, 2.05) is 6.07 Å². The Hall–Kier alpha value is -0.960. The summed E-state index contributed by atoms with van der Waals surface area (Å²) in [5.74, 6) is 0.922. The number of hydrogen-bond acceptors (Lipinski definition) is 1. The van der Waals surface area contributed by atoms with Crippen molar-refractivity contribution in [1.29, 1.82) is 0 Å². The smallest absolute Gasteiger partial charge is 0.0826 e. The predicted octanol–water partition coefficient (Wildman–Crippen LogP) is 6.58. The first-order chi connectivity index (χ1) is 10.6. The van der Waals surface area contributed by atoms with Gasteiger partial charge in [-0.15, -0.1) is 0 Å². The number of rotatable bonds is 1. The third-order valence-corrected chi connectivity index (χ3v) is 5.99. The largest absolute Gasteiger partial charge is 0.376 e. The number of halogens is 3. The highest BCUT2D eigenvalue weighted by molar-refractivity contribution is 9.10. The summed E-state index contributed by atoms with van der Waals surface area (Å²) in [6.07, 6.45) is 5.67. The molecule has 0 saturated carbocycles. The lowest BCUT2D eigenvalue weighted by molar-refractivity contribution is 0.425. The summed E-state index contributed by atoms with van der Waals surface area (Å²) in [6.45, 7) is 0. The molecule has 0 bridgehead atoms. The van der Waals surface area contributed by atoms with Gasteiger partial charge in [0.25, 0.3) is 0 Å². The lowest BCUT2D eigenvalue weighted by Crippen LogP contribution is -2.29. The minimum absolute atomic E-state index is 0.247. The monoisotopic (exact) mass is 393 g/mol. The Kier molecular flexibility index (Phi) is 3.72. The second-order valence-corrected chi connectivity index (χ2v) is 7.55. The molecule has 2 aromatic rings. The first kappa shape index (κ1) is 14.6. The quantitative estimate of drug-likeness (QED) is 0.538. The molecule has 0 amide bonds. The topological polar surface area (TPSA) is 12.0 Å². The highest BCUT2D eigenvalue weighted by Gasteiger charge is 2.38. The van der Waals surface area contributed by atoms with Crippen LogP contribution < -0.4 is 5.32 Å². The van der Waals surface area contributed by atoms with Crippen LogP contribution in [0.5, 0.6) is 0 Å². The van der Waals surface area contributed by atoms with Crippen molar-refractivity contribution in [3.8, 4) is 0 Å². The van der Waals surface area contributed by atoms with E-state index in [0.29, 0.717) is 21.9 Å². The van der Waals surface area contributed by atoms with E-state index in [2.05, 4.69) is 63.7 Å². The van der Waals surface area contributed by atoms with Crippen LogP contribution in [0.25, 0.3) is 0 Å². The van der Waals surface area contributed by atoms with Gasteiger partial charge >= 0.3 is 0 Å². The predicted molar refractivity (Wildman–Crippen MR) is 97.0 cm³/mol. The van der Waals surface area contributed by atoms with E-state index in [9.17, 15) is 0 Å². The van der Waals surface area contributed by atoms with Gasteiger partial charge < -0.3 is 5.32 Å². The van der Waals surface area contributed by atoms with E-state index < -0.39 is 0 Å². The summed E-state index contributed by atoms with van der Waals surface area (Å²) in [6, 6.07) is 12.8. The second kappa shape index (κ2) is 5.59. The van der Waals surface area contributed by atoms with E-state index >= 15 is 0 Å². The van der Waals surface area contributed by atoms with Gasteiger partial charge in [0.15, 0.2) is 0 Å². The average Bonchev–Trinajstić information content (AvgIpc) is 3.01. The SMILES string of the molecule is Clc1ccc2c(c1Cl)NC(c1ccc(Br)cc1)C1CC=CC21. The van der Waals surface area contributed by atoms with Crippen molar-refractivity contribution < 1.29 is 0 Å². The Labute approximate surface area is 148 Å². The zero-order valence-corrected chi connectivity index (χ0v) is 14.8. The molecule has 0 saturated heterocycles. The number of allylic oxidation sites excluding steroid dienone is 2. The van der Waals surface area contributed by atoms with Crippen molar-refractivity contribution in [2.24, 2.45) is 5.92 Å². The van der Waals surface area contributed by atoms with Crippen LogP contribution in [-0.2, 0) is 0 Å². The molecule has 2 aromatic carbocycles. The molecule has 3 atom stereocenters. The van der Waals surface area contributed by atoms with Crippen molar-refractivity contribution in [1.82, 2.24) is 0 Å². The molecule has 22 heavy (non-hydrogen) atoms. The van der Waals surface area contributed by atoms with Crippen LogP contribution in [0, 0.1) is 5.92 Å². The van der Waals surface area contributed by atoms with Crippen molar-refractivity contribution in [3.63, 3.8) is 0 Å². The molecule has 1 aliphatic heterocycles. The van der Waals surface area contributed by atoms with Crippen molar-refractivity contribution in [2.45, 2.75) is 18.4 Å². The number of nitrogens with one attached hydrogen (secondary N) is 1. The van der Waals surface area contributed by atoms with Gasteiger partial charge in [0, 0.05) is 10.4 Å². The Morgan fingerprint density at radius 3 is 2.59 bits per heavy atom. The van der Waals surface area contributed by atoms with Crippen LogP contribution in [0.3, 0.4) is 0 Å². The van der Waals surface area contributed by atoms with Gasteiger partial charge in [0.1, 0.15) is 0 Å². The third kappa shape index (κ3) is 2.29. The Morgan fingerprint density at radius 1 is 1.05 bits per heavy atom. The van der Waals surface area contributed by atoms with Gasteiger partial charge in [0.2, 0.25) is 0 Å². The molecule has 4 heteroatoms. The molecule has 3 unspecified atom stereocenters. The van der Waals surface area contributed by atoms with Crippen LogP contribution in [0.1, 0.15) is 29.5 Å². The molecule has 1 N–H and O–H groups in total. The molecule has 0 radical (unpaired) electrons. The molecule has 1 aliphatic carbocycles. The molecule has 1 nitrogen and oxygen atoms in total. The lowest BCUT2D eigenvalue weighted by atomic mass is 9.77. The maximum absolute atomic E-state index is 6.45. The van der Waals surface area contributed by atoms with E-state index in [1.54, 1.807) is 0 Å². The number of benzene rings is 2. The molecule has 0 spiro atoms. The van der Waals surface area contributed by atoms with E-state index in [0.717, 1.165) is 16.6 Å². The van der Waals surface area contributed by atoms with Crippen molar-refractivity contribution in [2.75, 3.05) is 5.32 Å². The van der Waals surface area contributed by atoms with Crippen LogP contribution in [0.4, 0.5) is 5.69 Å². The fraction of sp³-hybridized carbons (Fsp3) is 0.222. The molecular formula is C18H14BrCl2N. The average molecular weight is 395 g/mol. The fourth-order valence-corrected chi connectivity index (χ4v) is 4.25. The van der Waals surface area contributed by atoms with E-state index in [1.165, 1.54) is 11.1 Å². The van der Waals surface area contributed by atoms with Crippen molar-refractivity contribution in [3.05, 3.63) is 74.2 Å². The summed E-state index contributed by atoms with van der Waals surface area (Å²) >= 11 is 16.2. The van der Waals surface area contributed by atoms with Crippen molar-refractivity contribution >= 4 is 44.8 Å². The minimum atomic E-state index is 0.247. The Balaban J connectivity index is 1.82. The van der Waals surface area contributed by atoms with Crippen LogP contribution in [0.15, 0.2) is 53.0 Å². The molecule has 1 heterocycles. The normalized spacial score (nSPS) is 25.5. The fourth-order valence-electron chi connectivity index (χ4n) is 3.60.